The van der Waals surface area contributed by atoms with E-state index >= 15 is 0 Å². The van der Waals surface area contributed by atoms with E-state index in [4.69, 9.17) is 4.74 Å². The first kappa shape index (κ1) is 61.8. The summed E-state index contributed by atoms with van der Waals surface area (Å²) in [6, 6.07) is -0.656. The lowest BCUT2D eigenvalue weighted by Gasteiger charge is -2.20. The second-order valence-electron chi connectivity index (χ2n) is 18.9. The third-order valence-electron chi connectivity index (χ3n) is 12.6. The van der Waals surface area contributed by atoms with Crippen LogP contribution in [-0.2, 0) is 14.3 Å². The summed E-state index contributed by atoms with van der Waals surface area (Å²) in [5.41, 5.74) is 0. The maximum absolute atomic E-state index is 12.5. The molecule has 0 aromatic rings. The Labute approximate surface area is 397 Å². The largest absolute Gasteiger partial charge is 0.466 e. The van der Waals surface area contributed by atoms with Gasteiger partial charge in [-0.3, -0.25) is 9.59 Å². The quantitative estimate of drug-likeness (QED) is 0.0321. The Morgan fingerprint density at radius 2 is 0.781 bits per heavy atom. The van der Waals surface area contributed by atoms with Gasteiger partial charge in [-0.2, -0.15) is 0 Å². The number of esters is 1. The van der Waals surface area contributed by atoms with Crippen LogP contribution in [0.5, 0.6) is 0 Å². The van der Waals surface area contributed by atoms with Crippen molar-refractivity contribution >= 4 is 11.9 Å². The lowest BCUT2D eigenvalue weighted by atomic mass is 10.0. The van der Waals surface area contributed by atoms with Crippen LogP contribution in [0.4, 0.5) is 0 Å². The third-order valence-corrected chi connectivity index (χ3v) is 12.6. The molecule has 2 unspecified atom stereocenters. The van der Waals surface area contributed by atoms with Crippen LogP contribution < -0.4 is 5.32 Å². The first-order valence-electron chi connectivity index (χ1n) is 27.9. The molecule has 3 N–H and O–H groups in total. The average Bonchev–Trinajstić information content (AvgIpc) is 3.29. The van der Waals surface area contributed by atoms with E-state index < -0.39 is 12.1 Å². The number of carbonyl (C=O) groups excluding carboxylic acids is 2. The van der Waals surface area contributed by atoms with Crippen LogP contribution in [0.1, 0.15) is 284 Å². The summed E-state index contributed by atoms with van der Waals surface area (Å²) >= 11 is 0. The van der Waals surface area contributed by atoms with Crippen molar-refractivity contribution in [3.8, 4) is 0 Å². The molecule has 0 aliphatic heterocycles. The van der Waals surface area contributed by atoms with Gasteiger partial charge in [-0.25, -0.2) is 0 Å². The van der Waals surface area contributed by atoms with Crippen molar-refractivity contribution in [2.75, 3.05) is 13.2 Å². The van der Waals surface area contributed by atoms with Crippen LogP contribution >= 0.6 is 0 Å². The molecule has 6 heteroatoms. The van der Waals surface area contributed by atoms with E-state index in [1.165, 1.54) is 167 Å². The molecule has 374 valence electrons. The van der Waals surface area contributed by atoms with Gasteiger partial charge in [0.15, 0.2) is 0 Å². The highest BCUT2D eigenvalue weighted by Gasteiger charge is 2.18. The Morgan fingerprint density at radius 1 is 0.438 bits per heavy atom. The number of hydrogen-bond acceptors (Lipinski definition) is 5. The van der Waals surface area contributed by atoms with E-state index in [1.54, 1.807) is 6.08 Å². The summed E-state index contributed by atoms with van der Waals surface area (Å²) < 4.78 is 5.43. The molecule has 0 saturated heterocycles. The molecule has 0 spiro atoms. The Bertz CT molecular complexity index is 1080. The standard InChI is InChI=1S/C58H107NO5/c1-3-5-7-9-11-13-15-17-19-21-22-23-24-25-26-28-30-34-38-42-46-50-56(61)55(54-60)59-57(62)51-47-43-39-35-32-33-37-41-45-49-53-64-58(63)52-48-44-40-36-31-29-27-20-18-16-14-12-10-8-6-4-2/h14,16,20,27,33,37,46,50,55-56,60-61H,3-13,15,17-19,21-26,28-32,34-36,38-45,47-49,51-54H2,1-2H3,(H,59,62)/b16-14-,27-20-,37-33-,50-46+. The highest BCUT2D eigenvalue weighted by atomic mass is 16.5. The molecule has 0 aromatic carbocycles. The van der Waals surface area contributed by atoms with Crippen molar-refractivity contribution < 1.29 is 24.5 Å². The van der Waals surface area contributed by atoms with E-state index in [-0.39, 0.29) is 18.5 Å². The van der Waals surface area contributed by atoms with Crippen molar-refractivity contribution in [3.05, 3.63) is 48.6 Å². The predicted octanol–water partition coefficient (Wildman–Crippen LogP) is 17.0. The van der Waals surface area contributed by atoms with Crippen LogP contribution in [0.2, 0.25) is 0 Å². The van der Waals surface area contributed by atoms with Crippen molar-refractivity contribution in [1.29, 1.82) is 0 Å². The van der Waals surface area contributed by atoms with Crippen molar-refractivity contribution in [2.24, 2.45) is 0 Å². The maximum atomic E-state index is 12.5. The van der Waals surface area contributed by atoms with E-state index in [0.717, 1.165) is 89.9 Å². The minimum atomic E-state index is -0.869. The van der Waals surface area contributed by atoms with Crippen molar-refractivity contribution in [2.45, 2.75) is 296 Å². The number of nitrogens with one attached hydrogen (secondary N) is 1. The maximum Gasteiger partial charge on any atom is 0.305 e. The van der Waals surface area contributed by atoms with Gasteiger partial charge in [0.25, 0.3) is 0 Å². The van der Waals surface area contributed by atoms with Crippen LogP contribution in [0, 0.1) is 0 Å². The summed E-state index contributed by atoms with van der Waals surface area (Å²) in [5, 5.41) is 23.1. The highest BCUT2D eigenvalue weighted by molar-refractivity contribution is 5.76. The molecule has 0 rings (SSSR count). The van der Waals surface area contributed by atoms with Gasteiger partial charge in [0.05, 0.1) is 25.4 Å². The normalized spacial score (nSPS) is 13.0. The number of allylic oxidation sites excluding steroid dienone is 7. The van der Waals surface area contributed by atoms with Gasteiger partial charge >= 0.3 is 5.97 Å². The molecule has 0 fully saturated rings. The first-order chi connectivity index (χ1) is 31.5. The number of aliphatic hydroxyl groups is 2. The van der Waals surface area contributed by atoms with Gasteiger partial charge in [0.1, 0.15) is 0 Å². The summed E-state index contributed by atoms with van der Waals surface area (Å²) in [4.78, 5) is 24.5. The number of rotatable bonds is 51. The van der Waals surface area contributed by atoms with Crippen molar-refractivity contribution in [3.63, 3.8) is 0 Å². The van der Waals surface area contributed by atoms with Crippen LogP contribution in [-0.4, -0.2) is 47.4 Å². The molecule has 1 amide bonds. The molecular weight excluding hydrogens is 791 g/mol. The molecule has 2 atom stereocenters. The molecule has 0 heterocycles. The number of unbranched alkanes of at least 4 members (excludes halogenated alkanes) is 34. The minimum Gasteiger partial charge on any atom is -0.466 e. The fourth-order valence-corrected chi connectivity index (χ4v) is 8.25. The molecule has 64 heavy (non-hydrogen) atoms. The SMILES string of the molecule is CCCCCC/C=C\C/C=C\CCCCCCCC(=O)OCCCC/C=C\CCCCCCC(=O)NC(CO)C(O)/C=C/CCCCCCCCCCCCCCCCCCCCC. The number of carbonyl (C=O) groups is 2. The highest BCUT2D eigenvalue weighted by Crippen LogP contribution is 2.16. The predicted molar refractivity (Wildman–Crippen MR) is 278 cm³/mol. The summed E-state index contributed by atoms with van der Waals surface area (Å²) in [6.45, 7) is 4.79. The van der Waals surface area contributed by atoms with Gasteiger partial charge < -0.3 is 20.3 Å². The van der Waals surface area contributed by atoms with Crippen LogP contribution in [0.15, 0.2) is 48.6 Å². The number of amides is 1. The van der Waals surface area contributed by atoms with Crippen LogP contribution in [0.25, 0.3) is 0 Å². The average molecular weight is 898 g/mol. The fourth-order valence-electron chi connectivity index (χ4n) is 8.25. The monoisotopic (exact) mass is 898 g/mol. The number of aliphatic hydroxyl groups excluding tert-OH is 2. The van der Waals surface area contributed by atoms with Gasteiger partial charge in [-0.05, 0) is 89.9 Å². The third kappa shape index (κ3) is 49.3. The van der Waals surface area contributed by atoms with E-state index in [9.17, 15) is 19.8 Å². The van der Waals surface area contributed by atoms with E-state index in [0.29, 0.717) is 19.4 Å². The molecule has 0 aliphatic carbocycles. The van der Waals surface area contributed by atoms with Gasteiger partial charge in [0.2, 0.25) is 5.91 Å². The number of hydrogen-bond donors (Lipinski definition) is 3. The smallest absolute Gasteiger partial charge is 0.305 e. The lowest BCUT2D eigenvalue weighted by molar-refractivity contribution is -0.143. The second-order valence-corrected chi connectivity index (χ2v) is 18.9. The van der Waals surface area contributed by atoms with Gasteiger partial charge in [-0.1, -0.05) is 229 Å². The second kappa shape index (κ2) is 53.4. The molecule has 0 aliphatic rings. The zero-order valence-corrected chi connectivity index (χ0v) is 42.5. The van der Waals surface area contributed by atoms with Crippen LogP contribution in [0.3, 0.4) is 0 Å². The molecule has 0 radical (unpaired) electrons. The topological polar surface area (TPSA) is 95.9 Å². The minimum absolute atomic E-state index is 0.0521. The first-order valence-corrected chi connectivity index (χ1v) is 27.9. The summed E-state index contributed by atoms with van der Waals surface area (Å²) in [6.07, 6.45) is 67.0. The zero-order valence-electron chi connectivity index (χ0n) is 42.5. The van der Waals surface area contributed by atoms with Gasteiger partial charge in [0, 0.05) is 12.8 Å². The molecule has 0 bridgehead atoms. The Balaban J connectivity index is 3.57. The zero-order chi connectivity index (χ0) is 46.5. The summed E-state index contributed by atoms with van der Waals surface area (Å²) in [5.74, 6) is -0.156. The summed E-state index contributed by atoms with van der Waals surface area (Å²) in [7, 11) is 0. The fraction of sp³-hybridized carbons (Fsp3) is 0.828. The van der Waals surface area contributed by atoms with Crippen molar-refractivity contribution in [1.82, 2.24) is 5.32 Å². The Hall–Kier alpha value is -2.18. The molecular formula is C58H107NO5. The van der Waals surface area contributed by atoms with E-state index in [2.05, 4.69) is 55.6 Å². The van der Waals surface area contributed by atoms with Gasteiger partial charge in [-0.15, -0.1) is 0 Å². The lowest BCUT2D eigenvalue weighted by Crippen LogP contribution is -2.45. The molecule has 6 nitrogen and oxygen atoms in total. The molecule has 0 saturated carbocycles. The number of ether oxygens (including phenoxy) is 1. The Morgan fingerprint density at radius 3 is 1.22 bits per heavy atom. The van der Waals surface area contributed by atoms with E-state index in [1.807, 2.05) is 6.08 Å². The Kier molecular flexibility index (Phi) is 51.6. The molecule has 0 aromatic heterocycles.